The zero-order chi connectivity index (χ0) is 13.4. The van der Waals surface area contributed by atoms with Gasteiger partial charge in [-0.2, -0.15) is 0 Å². The van der Waals surface area contributed by atoms with Crippen LogP contribution in [0, 0.1) is 0 Å². The molecule has 0 aliphatic heterocycles. The van der Waals surface area contributed by atoms with Gasteiger partial charge in [0, 0.05) is 18.5 Å². The predicted octanol–water partition coefficient (Wildman–Crippen LogP) is 0.838. The molecule has 0 unspecified atom stereocenters. The predicted molar refractivity (Wildman–Crippen MR) is 68.1 cm³/mol. The minimum absolute atomic E-state index is 0.00181. The molecule has 1 rings (SSSR count). The Balaban J connectivity index is 2.40. The van der Waals surface area contributed by atoms with Gasteiger partial charge in [-0.3, -0.25) is 9.59 Å². The lowest BCUT2D eigenvalue weighted by Gasteiger charge is -2.09. The Kier molecular flexibility index (Phi) is 5.70. The van der Waals surface area contributed by atoms with Gasteiger partial charge in [-0.25, -0.2) is 0 Å². The van der Waals surface area contributed by atoms with E-state index < -0.39 is 0 Å². The van der Waals surface area contributed by atoms with E-state index in [9.17, 15) is 9.59 Å². The molecule has 1 aromatic rings. The lowest BCUT2D eigenvalue weighted by atomic mass is 10.2. The van der Waals surface area contributed by atoms with Gasteiger partial charge in [-0.15, -0.1) is 0 Å². The number of hydrogen-bond acceptors (Lipinski definition) is 3. The molecule has 0 aromatic heterocycles. The molecular formula is C13H18N2O3. The molecule has 0 aliphatic carbocycles. The Bertz CT molecular complexity index is 418. The summed E-state index contributed by atoms with van der Waals surface area (Å²) in [5, 5.41) is 5.23. The normalized spacial score (nSPS) is 9.67. The first-order valence-electron chi connectivity index (χ1n) is 5.82. The van der Waals surface area contributed by atoms with Crippen molar-refractivity contribution in [2.24, 2.45) is 0 Å². The molecule has 0 saturated heterocycles. The fourth-order valence-corrected chi connectivity index (χ4v) is 1.41. The highest BCUT2D eigenvalue weighted by molar-refractivity contribution is 5.84. The minimum atomic E-state index is -0.220. The van der Waals surface area contributed by atoms with Crippen LogP contribution in [0.4, 0.5) is 0 Å². The van der Waals surface area contributed by atoms with Crippen molar-refractivity contribution in [1.29, 1.82) is 0 Å². The Morgan fingerprint density at radius 2 is 1.89 bits per heavy atom. The molecule has 1 aromatic carbocycles. The van der Waals surface area contributed by atoms with Gasteiger partial charge < -0.3 is 15.4 Å². The number of ether oxygens (including phenoxy) is 1. The van der Waals surface area contributed by atoms with Crippen LogP contribution in [0.2, 0.25) is 0 Å². The van der Waals surface area contributed by atoms with Gasteiger partial charge in [-0.1, -0.05) is 25.1 Å². The van der Waals surface area contributed by atoms with Gasteiger partial charge >= 0.3 is 0 Å². The standard InChI is InChI=1S/C13H18N2O3/c1-3-12(16)15-9-13(17)14-8-10-6-4-5-7-11(10)18-2/h4-7H,3,8-9H2,1-2H3,(H,14,17)(H,15,16). The van der Waals surface area contributed by atoms with Gasteiger partial charge in [0.2, 0.25) is 11.8 Å². The molecule has 0 aliphatic rings. The summed E-state index contributed by atoms with van der Waals surface area (Å²) < 4.78 is 5.17. The van der Waals surface area contributed by atoms with Crippen molar-refractivity contribution in [2.75, 3.05) is 13.7 Å². The number of nitrogens with one attached hydrogen (secondary N) is 2. The van der Waals surface area contributed by atoms with Gasteiger partial charge in [0.05, 0.1) is 13.7 Å². The molecule has 5 heteroatoms. The van der Waals surface area contributed by atoms with E-state index in [1.54, 1.807) is 14.0 Å². The zero-order valence-electron chi connectivity index (χ0n) is 10.7. The van der Waals surface area contributed by atoms with Gasteiger partial charge in [0.15, 0.2) is 0 Å². The van der Waals surface area contributed by atoms with Crippen molar-refractivity contribution in [3.63, 3.8) is 0 Å². The lowest BCUT2D eigenvalue weighted by molar-refractivity contribution is -0.126. The molecule has 0 bridgehead atoms. The van der Waals surface area contributed by atoms with Crippen molar-refractivity contribution < 1.29 is 14.3 Å². The summed E-state index contributed by atoms with van der Waals surface area (Å²) in [7, 11) is 1.59. The SMILES string of the molecule is CCC(=O)NCC(=O)NCc1ccccc1OC. The summed E-state index contributed by atoms with van der Waals surface area (Å²) in [6.45, 7) is 2.12. The number of hydrogen-bond donors (Lipinski definition) is 2. The maximum atomic E-state index is 11.5. The monoisotopic (exact) mass is 250 g/mol. The van der Waals surface area contributed by atoms with Crippen LogP contribution >= 0.6 is 0 Å². The minimum Gasteiger partial charge on any atom is -0.496 e. The van der Waals surface area contributed by atoms with Crippen molar-refractivity contribution in [3.05, 3.63) is 29.8 Å². The number of para-hydroxylation sites is 1. The largest absolute Gasteiger partial charge is 0.496 e. The highest BCUT2D eigenvalue weighted by Gasteiger charge is 2.05. The number of carbonyl (C=O) groups is 2. The smallest absolute Gasteiger partial charge is 0.239 e. The van der Waals surface area contributed by atoms with Crippen LogP contribution in [0.15, 0.2) is 24.3 Å². The average molecular weight is 250 g/mol. The van der Waals surface area contributed by atoms with Crippen LogP contribution in [-0.2, 0) is 16.1 Å². The second-order valence-electron chi connectivity index (χ2n) is 3.72. The topological polar surface area (TPSA) is 67.4 Å². The molecule has 0 saturated carbocycles. The summed E-state index contributed by atoms with van der Waals surface area (Å²) in [6, 6.07) is 7.46. The molecular weight excluding hydrogens is 232 g/mol. The van der Waals surface area contributed by atoms with Crippen molar-refractivity contribution >= 4 is 11.8 Å². The first-order valence-corrected chi connectivity index (χ1v) is 5.82. The van der Waals surface area contributed by atoms with Crippen LogP contribution in [0.3, 0.4) is 0 Å². The number of amides is 2. The van der Waals surface area contributed by atoms with Crippen LogP contribution in [0.1, 0.15) is 18.9 Å². The molecule has 18 heavy (non-hydrogen) atoms. The highest BCUT2D eigenvalue weighted by Crippen LogP contribution is 2.16. The third kappa shape index (κ3) is 4.45. The van der Waals surface area contributed by atoms with E-state index >= 15 is 0 Å². The van der Waals surface area contributed by atoms with E-state index in [1.165, 1.54) is 0 Å². The molecule has 98 valence electrons. The second kappa shape index (κ2) is 7.32. The third-order valence-electron chi connectivity index (χ3n) is 2.44. The van der Waals surface area contributed by atoms with E-state index in [0.29, 0.717) is 13.0 Å². The number of rotatable bonds is 6. The van der Waals surface area contributed by atoms with E-state index in [-0.39, 0.29) is 18.4 Å². The van der Waals surface area contributed by atoms with Crippen LogP contribution in [0.5, 0.6) is 5.75 Å². The highest BCUT2D eigenvalue weighted by atomic mass is 16.5. The summed E-state index contributed by atoms with van der Waals surface area (Å²) in [5.41, 5.74) is 0.898. The molecule has 5 nitrogen and oxygen atoms in total. The Hall–Kier alpha value is -2.04. The summed E-state index contributed by atoms with van der Waals surface area (Å²) >= 11 is 0. The molecule has 2 N–H and O–H groups in total. The van der Waals surface area contributed by atoms with E-state index in [4.69, 9.17) is 4.74 Å². The summed E-state index contributed by atoms with van der Waals surface area (Å²) in [6.07, 6.45) is 0.375. The fraction of sp³-hybridized carbons (Fsp3) is 0.385. The van der Waals surface area contributed by atoms with Gasteiger partial charge in [0.1, 0.15) is 5.75 Å². The number of methoxy groups -OCH3 is 1. The van der Waals surface area contributed by atoms with Crippen LogP contribution < -0.4 is 15.4 Å². The van der Waals surface area contributed by atoms with Crippen molar-refractivity contribution in [2.45, 2.75) is 19.9 Å². The molecule has 0 heterocycles. The Morgan fingerprint density at radius 3 is 2.56 bits per heavy atom. The zero-order valence-corrected chi connectivity index (χ0v) is 10.7. The quantitative estimate of drug-likeness (QED) is 0.786. The Labute approximate surface area is 107 Å². The lowest BCUT2D eigenvalue weighted by Crippen LogP contribution is -2.36. The van der Waals surface area contributed by atoms with Crippen molar-refractivity contribution in [3.8, 4) is 5.75 Å². The van der Waals surface area contributed by atoms with Gasteiger partial charge in [0.25, 0.3) is 0 Å². The average Bonchev–Trinajstić information content (AvgIpc) is 2.42. The summed E-state index contributed by atoms with van der Waals surface area (Å²) in [5.74, 6) is 0.376. The van der Waals surface area contributed by atoms with E-state index in [2.05, 4.69) is 10.6 Å². The third-order valence-corrected chi connectivity index (χ3v) is 2.44. The first kappa shape index (κ1) is 14.0. The molecule has 2 amide bonds. The van der Waals surface area contributed by atoms with Crippen LogP contribution in [0.25, 0.3) is 0 Å². The van der Waals surface area contributed by atoms with Crippen molar-refractivity contribution in [1.82, 2.24) is 10.6 Å². The number of benzene rings is 1. The fourth-order valence-electron chi connectivity index (χ4n) is 1.41. The maximum absolute atomic E-state index is 11.5. The summed E-state index contributed by atoms with van der Waals surface area (Å²) in [4.78, 5) is 22.4. The van der Waals surface area contributed by atoms with E-state index in [0.717, 1.165) is 11.3 Å². The molecule has 0 fully saturated rings. The van der Waals surface area contributed by atoms with E-state index in [1.807, 2.05) is 24.3 Å². The Morgan fingerprint density at radius 1 is 1.17 bits per heavy atom. The first-order chi connectivity index (χ1) is 8.67. The van der Waals surface area contributed by atoms with Crippen LogP contribution in [-0.4, -0.2) is 25.5 Å². The molecule has 0 atom stereocenters. The molecule has 0 spiro atoms. The number of carbonyl (C=O) groups excluding carboxylic acids is 2. The molecule has 0 radical (unpaired) electrons. The maximum Gasteiger partial charge on any atom is 0.239 e. The van der Waals surface area contributed by atoms with Gasteiger partial charge in [-0.05, 0) is 6.07 Å². The second-order valence-corrected chi connectivity index (χ2v) is 3.72.